The Balaban J connectivity index is 1.22. The third-order valence-electron chi connectivity index (χ3n) is 6.20. The molecule has 2 aromatic rings. The first-order valence-electron chi connectivity index (χ1n) is 11.0. The average Bonchev–Trinajstić information content (AvgIpc) is 3.28. The van der Waals surface area contributed by atoms with Crippen LogP contribution >= 0.6 is 0 Å². The van der Waals surface area contributed by atoms with E-state index in [1.165, 1.54) is 6.07 Å². The van der Waals surface area contributed by atoms with Gasteiger partial charge in [0, 0.05) is 50.5 Å². The van der Waals surface area contributed by atoms with Gasteiger partial charge in [-0.25, -0.2) is 13.6 Å². The summed E-state index contributed by atoms with van der Waals surface area (Å²) < 4.78 is 32.6. The molecule has 0 spiro atoms. The molecule has 2 N–H and O–H groups in total. The van der Waals surface area contributed by atoms with Gasteiger partial charge in [-0.3, -0.25) is 0 Å². The summed E-state index contributed by atoms with van der Waals surface area (Å²) >= 11 is 0. The van der Waals surface area contributed by atoms with Crippen LogP contribution in [0.3, 0.4) is 0 Å². The minimum Gasteiger partial charge on any atom is -0.373 e. The Labute approximate surface area is 181 Å². The maximum Gasteiger partial charge on any atom is 0.314 e. The maximum atomic E-state index is 13.5. The van der Waals surface area contributed by atoms with Gasteiger partial charge in [-0.15, -0.1) is 0 Å². The van der Waals surface area contributed by atoms with E-state index in [1.54, 1.807) is 6.07 Å². The number of halogens is 2. The first-order chi connectivity index (χ1) is 15.1. The van der Waals surface area contributed by atoms with Crippen molar-refractivity contribution in [2.75, 3.05) is 37.7 Å². The van der Waals surface area contributed by atoms with Crippen molar-refractivity contribution in [2.45, 2.75) is 25.4 Å². The Hall–Kier alpha value is -2.67. The van der Waals surface area contributed by atoms with Crippen molar-refractivity contribution in [1.82, 2.24) is 10.6 Å². The Bertz CT molecular complexity index is 880. The lowest BCUT2D eigenvalue weighted by molar-refractivity contribution is -0.0269. The number of rotatable bonds is 6. The van der Waals surface area contributed by atoms with Crippen LogP contribution < -0.4 is 15.5 Å². The van der Waals surface area contributed by atoms with E-state index in [1.807, 2.05) is 23.1 Å². The number of urea groups is 1. The van der Waals surface area contributed by atoms with Gasteiger partial charge in [0.05, 0.1) is 6.10 Å². The summed E-state index contributed by atoms with van der Waals surface area (Å²) in [5, 5.41) is 5.96. The molecule has 4 rings (SSSR count). The van der Waals surface area contributed by atoms with E-state index in [9.17, 15) is 13.6 Å². The van der Waals surface area contributed by atoms with Crippen LogP contribution in [0.2, 0.25) is 0 Å². The first-order valence-corrected chi connectivity index (χ1v) is 11.0. The van der Waals surface area contributed by atoms with Crippen molar-refractivity contribution >= 4 is 11.7 Å². The van der Waals surface area contributed by atoms with Crippen LogP contribution in [0.25, 0.3) is 0 Å². The molecule has 2 aliphatic rings. The van der Waals surface area contributed by atoms with Crippen molar-refractivity contribution in [2.24, 2.45) is 11.8 Å². The van der Waals surface area contributed by atoms with Crippen molar-refractivity contribution in [3.05, 3.63) is 65.7 Å². The topological polar surface area (TPSA) is 53.6 Å². The molecule has 2 heterocycles. The largest absolute Gasteiger partial charge is 0.373 e. The van der Waals surface area contributed by atoms with E-state index in [0.717, 1.165) is 44.0 Å². The van der Waals surface area contributed by atoms with Crippen molar-refractivity contribution in [3.8, 4) is 0 Å². The van der Waals surface area contributed by atoms with Crippen LogP contribution in [0.1, 0.15) is 30.9 Å². The highest BCUT2D eigenvalue weighted by Crippen LogP contribution is 2.33. The summed E-state index contributed by atoms with van der Waals surface area (Å²) in [6, 6.07) is 14.0. The highest BCUT2D eigenvalue weighted by atomic mass is 19.2. The number of nitrogens with zero attached hydrogens (tertiary/aromatic N) is 1. The van der Waals surface area contributed by atoms with Crippen LogP contribution in [-0.2, 0) is 4.74 Å². The number of benzene rings is 2. The second kappa shape index (κ2) is 10.1. The van der Waals surface area contributed by atoms with Crippen molar-refractivity contribution in [3.63, 3.8) is 0 Å². The monoisotopic (exact) mass is 429 g/mol. The minimum absolute atomic E-state index is 0.00902. The number of hydrogen-bond donors (Lipinski definition) is 2. The maximum absolute atomic E-state index is 13.5. The fourth-order valence-corrected chi connectivity index (χ4v) is 4.50. The molecule has 3 atom stereocenters. The van der Waals surface area contributed by atoms with Crippen molar-refractivity contribution in [1.29, 1.82) is 0 Å². The molecule has 3 unspecified atom stereocenters. The molecule has 2 aromatic carbocycles. The molecular weight excluding hydrogens is 400 g/mol. The Morgan fingerprint density at radius 3 is 2.65 bits per heavy atom. The number of amides is 2. The Kier molecular flexibility index (Phi) is 7.02. The summed E-state index contributed by atoms with van der Waals surface area (Å²) in [7, 11) is 0. The van der Waals surface area contributed by atoms with Crippen LogP contribution in [0.15, 0.2) is 48.5 Å². The van der Waals surface area contributed by atoms with Gasteiger partial charge in [-0.1, -0.05) is 30.3 Å². The first kappa shape index (κ1) is 21.6. The second-order valence-corrected chi connectivity index (χ2v) is 8.39. The number of hydrogen-bond acceptors (Lipinski definition) is 3. The number of carbonyl (C=O) groups is 1. The predicted molar refractivity (Wildman–Crippen MR) is 116 cm³/mol. The summed E-state index contributed by atoms with van der Waals surface area (Å²) in [5.74, 6) is -1.15. The van der Waals surface area contributed by atoms with Crippen LogP contribution in [0.4, 0.5) is 19.3 Å². The van der Waals surface area contributed by atoms with Crippen LogP contribution in [0.5, 0.6) is 0 Å². The van der Waals surface area contributed by atoms with E-state index >= 15 is 0 Å². The molecule has 2 fully saturated rings. The zero-order chi connectivity index (χ0) is 21.6. The average molecular weight is 430 g/mol. The molecule has 0 radical (unpaired) electrons. The molecule has 31 heavy (non-hydrogen) atoms. The van der Waals surface area contributed by atoms with Gasteiger partial charge in [0.15, 0.2) is 11.6 Å². The molecule has 2 amide bonds. The van der Waals surface area contributed by atoms with E-state index in [-0.39, 0.29) is 24.0 Å². The molecule has 7 heteroatoms. The van der Waals surface area contributed by atoms with Gasteiger partial charge in [0.25, 0.3) is 0 Å². The highest BCUT2D eigenvalue weighted by Gasteiger charge is 2.28. The molecule has 2 aliphatic heterocycles. The quantitative estimate of drug-likeness (QED) is 0.722. The minimum atomic E-state index is -0.837. The lowest BCUT2D eigenvalue weighted by atomic mass is 9.89. The van der Waals surface area contributed by atoms with Gasteiger partial charge >= 0.3 is 6.03 Å². The number of carbonyl (C=O) groups excluding carboxylic acids is 1. The molecule has 2 saturated heterocycles. The number of anilines is 1. The molecular formula is C24H29F2N3O2. The third-order valence-corrected chi connectivity index (χ3v) is 6.20. The van der Waals surface area contributed by atoms with Crippen LogP contribution in [-0.4, -0.2) is 38.8 Å². The third kappa shape index (κ3) is 5.53. The highest BCUT2D eigenvalue weighted by molar-refractivity contribution is 5.73. The molecule has 0 aromatic heterocycles. The van der Waals surface area contributed by atoms with E-state index in [4.69, 9.17) is 4.74 Å². The van der Waals surface area contributed by atoms with Gasteiger partial charge in [0.1, 0.15) is 0 Å². The summed E-state index contributed by atoms with van der Waals surface area (Å²) in [4.78, 5) is 14.4. The number of nitrogens with one attached hydrogen (secondary N) is 2. The second-order valence-electron chi connectivity index (χ2n) is 8.39. The predicted octanol–water partition coefficient (Wildman–Crippen LogP) is 4.26. The molecule has 0 aliphatic carbocycles. The summed E-state index contributed by atoms with van der Waals surface area (Å²) in [6.07, 6.45) is 2.92. The lowest BCUT2D eigenvalue weighted by Crippen LogP contribution is -2.42. The molecule has 166 valence electrons. The SMILES string of the molecule is O=C(NCC1CCN(c2ccc(F)c(F)c2)C1)NCC1CCCOC1c1ccccc1. The van der Waals surface area contributed by atoms with Gasteiger partial charge < -0.3 is 20.3 Å². The summed E-state index contributed by atoms with van der Waals surface area (Å²) in [6.45, 7) is 3.33. The molecule has 5 nitrogen and oxygen atoms in total. The van der Waals surface area contributed by atoms with Gasteiger partial charge in [0.2, 0.25) is 0 Å². The number of ether oxygens (including phenoxy) is 1. The molecule has 0 bridgehead atoms. The summed E-state index contributed by atoms with van der Waals surface area (Å²) in [5.41, 5.74) is 1.83. The van der Waals surface area contributed by atoms with Crippen molar-refractivity contribution < 1.29 is 18.3 Å². The fourth-order valence-electron chi connectivity index (χ4n) is 4.50. The zero-order valence-electron chi connectivity index (χ0n) is 17.5. The fraction of sp³-hybridized carbons (Fsp3) is 0.458. The van der Waals surface area contributed by atoms with Crippen LogP contribution in [0, 0.1) is 23.5 Å². The van der Waals surface area contributed by atoms with Gasteiger partial charge in [-0.05, 0) is 42.9 Å². The Morgan fingerprint density at radius 1 is 1.03 bits per heavy atom. The standard InChI is InChI=1S/C24H29F2N3O2/c25-21-9-8-20(13-22(21)26)29-11-10-17(16-29)14-27-24(30)28-15-19-7-4-12-31-23(19)18-5-2-1-3-6-18/h1-3,5-6,8-9,13,17,19,23H,4,7,10-12,14-16H2,(H2,27,28,30). The molecule has 0 saturated carbocycles. The normalized spacial score (nSPS) is 23.5. The lowest BCUT2D eigenvalue weighted by Gasteiger charge is -2.32. The van der Waals surface area contributed by atoms with E-state index < -0.39 is 11.6 Å². The van der Waals surface area contributed by atoms with Gasteiger partial charge in [-0.2, -0.15) is 0 Å². The smallest absolute Gasteiger partial charge is 0.314 e. The Morgan fingerprint density at radius 2 is 1.84 bits per heavy atom. The van der Waals surface area contributed by atoms with E-state index in [2.05, 4.69) is 22.8 Å². The zero-order valence-corrected chi connectivity index (χ0v) is 17.5. The van der Waals surface area contributed by atoms with E-state index in [0.29, 0.717) is 25.3 Å².